The van der Waals surface area contributed by atoms with Gasteiger partial charge in [-0.3, -0.25) is 0 Å². The van der Waals surface area contributed by atoms with Gasteiger partial charge in [-0.05, 0) is 36.6 Å². The van der Waals surface area contributed by atoms with Crippen LogP contribution in [-0.4, -0.2) is 17.6 Å². The maximum atomic E-state index is 14.1. The van der Waals surface area contributed by atoms with Crippen molar-refractivity contribution in [2.75, 3.05) is 11.4 Å². The van der Waals surface area contributed by atoms with E-state index in [4.69, 9.17) is 10.9 Å². The Balaban J connectivity index is 2.17. The Labute approximate surface area is 122 Å². The second-order valence-electron chi connectivity index (χ2n) is 5.00. The highest BCUT2D eigenvalue weighted by Gasteiger charge is 2.23. The molecule has 4 nitrogen and oxygen atoms in total. The molecule has 1 heterocycles. The molecule has 108 valence electrons. The fourth-order valence-electron chi connectivity index (χ4n) is 2.83. The highest BCUT2D eigenvalue weighted by molar-refractivity contribution is 6.03. The number of nitrogens with two attached hydrogens (primary N) is 1. The van der Waals surface area contributed by atoms with Gasteiger partial charge >= 0.3 is 0 Å². The van der Waals surface area contributed by atoms with Crippen LogP contribution in [0, 0.1) is 5.82 Å². The molecule has 3 N–H and O–H groups in total. The van der Waals surface area contributed by atoms with E-state index in [-0.39, 0.29) is 11.4 Å². The van der Waals surface area contributed by atoms with Gasteiger partial charge in [-0.1, -0.05) is 29.4 Å². The van der Waals surface area contributed by atoms with Crippen molar-refractivity contribution in [3.63, 3.8) is 0 Å². The minimum atomic E-state index is -0.495. The van der Waals surface area contributed by atoms with Gasteiger partial charge in [0, 0.05) is 12.2 Å². The number of rotatable bonds is 2. The fraction of sp³-hybridized carbons (Fsp3) is 0.188. The molecule has 0 fully saturated rings. The molecule has 0 aromatic heterocycles. The number of aryl methyl sites for hydroxylation is 1. The lowest BCUT2D eigenvalue weighted by Crippen LogP contribution is -2.28. The smallest absolute Gasteiger partial charge is 0.175 e. The van der Waals surface area contributed by atoms with E-state index in [1.54, 1.807) is 12.1 Å². The predicted molar refractivity (Wildman–Crippen MR) is 80.7 cm³/mol. The topological polar surface area (TPSA) is 61.9 Å². The minimum Gasteiger partial charge on any atom is -0.409 e. The highest BCUT2D eigenvalue weighted by Crippen LogP contribution is 2.35. The molecule has 0 amide bonds. The van der Waals surface area contributed by atoms with Crippen LogP contribution in [0.25, 0.3) is 0 Å². The SMILES string of the molecule is NC(=NO)c1c(F)cccc1N1CCCc2ccccc21. The van der Waals surface area contributed by atoms with Crippen molar-refractivity contribution in [1.29, 1.82) is 0 Å². The Morgan fingerprint density at radius 3 is 2.71 bits per heavy atom. The van der Waals surface area contributed by atoms with Crippen LogP contribution in [0.3, 0.4) is 0 Å². The second-order valence-corrected chi connectivity index (χ2v) is 5.00. The zero-order valence-electron chi connectivity index (χ0n) is 11.5. The number of halogens is 1. The van der Waals surface area contributed by atoms with Crippen LogP contribution in [0.1, 0.15) is 17.5 Å². The molecule has 1 aliphatic rings. The monoisotopic (exact) mass is 285 g/mol. The molecule has 21 heavy (non-hydrogen) atoms. The lowest BCUT2D eigenvalue weighted by Gasteiger charge is -2.32. The molecule has 0 saturated heterocycles. The molecule has 0 spiro atoms. The molecule has 0 bridgehead atoms. The molecule has 5 heteroatoms. The van der Waals surface area contributed by atoms with E-state index < -0.39 is 5.82 Å². The van der Waals surface area contributed by atoms with E-state index in [2.05, 4.69) is 11.2 Å². The summed E-state index contributed by atoms with van der Waals surface area (Å²) in [6.07, 6.45) is 1.98. The van der Waals surface area contributed by atoms with Crippen molar-refractivity contribution in [2.24, 2.45) is 10.9 Å². The standard InChI is InChI=1S/C16H16FN3O/c17-12-7-3-9-14(15(12)16(18)19-21)20-10-4-6-11-5-1-2-8-13(11)20/h1-3,5,7-9,21H,4,6,10H2,(H2,18,19). The van der Waals surface area contributed by atoms with Crippen molar-refractivity contribution < 1.29 is 9.60 Å². The van der Waals surface area contributed by atoms with Gasteiger partial charge in [0.1, 0.15) is 5.82 Å². The highest BCUT2D eigenvalue weighted by atomic mass is 19.1. The second kappa shape index (κ2) is 5.44. The van der Waals surface area contributed by atoms with Crippen LogP contribution in [0.2, 0.25) is 0 Å². The zero-order chi connectivity index (χ0) is 14.8. The summed E-state index contributed by atoms with van der Waals surface area (Å²) >= 11 is 0. The number of amidine groups is 1. The van der Waals surface area contributed by atoms with Gasteiger partial charge in [-0.25, -0.2) is 4.39 Å². The van der Waals surface area contributed by atoms with Crippen LogP contribution in [0.4, 0.5) is 15.8 Å². The summed E-state index contributed by atoms with van der Waals surface area (Å²) in [6, 6.07) is 12.8. The van der Waals surface area contributed by atoms with E-state index in [1.807, 2.05) is 23.1 Å². The van der Waals surface area contributed by atoms with Gasteiger partial charge in [0.15, 0.2) is 5.84 Å². The van der Waals surface area contributed by atoms with E-state index in [0.717, 1.165) is 25.1 Å². The van der Waals surface area contributed by atoms with Crippen molar-refractivity contribution in [3.05, 3.63) is 59.4 Å². The van der Waals surface area contributed by atoms with Crippen molar-refractivity contribution in [2.45, 2.75) is 12.8 Å². The molecule has 0 saturated carbocycles. The maximum absolute atomic E-state index is 14.1. The third kappa shape index (κ3) is 2.31. The Morgan fingerprint density at radius 2 is 1.90 bits per heavy atom. The quantitative estimate of drug-likeness (QED) is 0.386. The molecular weight excluding hydrogens is 269 g/mol. The van der Waals surface area contributed by atoms with E-state index in [1.165, 1.54) is 11.6 Å². The summed E-state index contributed by atoms with van der Waals surface area (Å²) < 4.78 is 14.1. The number of fused-ring (bicyclic) bond motifs is 1. The summed E-state index contributed by atoms with van der Waals surface area (Å²) in [5.41, 5.74) is 8.68. The van der Waals surface area contributed by atoms with Gasteiger partial charge in [0.05, 0.1) is 11.3 Å². The molecule has 2 aromatic rings. The molecular formula is C16H16FN3O. The van der Waals surface area contributed by atoms with Crippen LogP contribution < -0.4 is 10.6 Å². The van der Waals surface area contributed by atoms with Crippen molar-refractivity contribution >= 4 is 17.2 Å². The number of nitrogens with zero attached hydrogens (tertiary/aromatic N) is 2. The summed E-state index contributed by atoms with van der Waals surface area (Å²) in [6.45, 7) is 0.770. The lowest BCUT2D eigenvalue weighted by molar-refractivity contribution is 0.318. The Bertz CT molecular complexity index is 700. The average Bonchev–Trinajstić information content (AvgIpc) is 2.53. The van der Waals surface area contributed by atoms with E-state index in [0.29, 0.717) is 5.69 Å². The Hall–Kier alpha value is -2.56. The normalized spacial score (nSPS) is 14.9. The summed E-state index contributed by atoms with van der Waals surface area (Å²) in [7, 11) is 0. The molecule has 0 unspecified atom stereocenters. The average molecular weight is 285 g/mol. The Morgan fingerprint density at radius 1 is 1.14 bits per heavy atom. The van der Waals surface area contributed by atoms with Crippen LogP contribution in [-0.2, 0) is 6.42 Å². The molecule has 2 aromatic carbocycles. The van der Waals surface area contributed by atoms with Gasteiger partial charge in [-0.2, -0.15) is 0 Å². The van der Waals surface area contributed by atoms with Crippen molar-refractivity contribution in [1.82, 2.24) is 0 Å². The first-order chi connectivity index (χ1) is 10.2. The van der Waals surface area contributed by atoms with Gasteiger partial charge < -0.3 is 15.8 Å². The summed E-state index contributed by atoms with van der Waals surface area (Å²) in [5.74, 6) is -0.711. The number of oxime groups is 1. The predicted octanol–water partition coefficient (Wildman–Crippen LogP) is 3.00. The molecule has 0 radical (unpaired) electrons. The van der Waals surface area contributed by atoms with Gasteiger partial charge in [-0.15, -0.1) is 0 Å². The summed E-state index contributed by atoms with van der Waals surface area (Å²) in [5, 5.41) is 11.9. The molecule has 0 aliphatic carbocycles. The minimum absolute atomic E-state index is 0.136. The van der Waals surface area contributed by atoms with Gasteiger partial charge in [0.2, 0.25) is 0 Å². The molecule has 1 aliphatic heterocycles. The van der Waals surface area contributed by atoms with Crippen LogP contribution >= 0.6 is 0 Å². The Kier molecular flexibility index (Phi) is 3.48. The number of hydrogen-bond donors (Lipinski definition) is 2. The van der Waals surface area contributed by atoms with Gasteiger partial charge in [0.25, 0.3) is 0 Å². The number of hydrogen-bond acceptors (Lipinski definition) is 3. The third-order valence-corrected chi connectivity index (χ3v) is 3.76. The third-order valence-electron chi connectivity index (χ3n) is 3.76. The number of benzene rings is 2. The lowest BCUT2D eigenvalue weighted by atomic mass is 9.99. The van der Waals surface area contributed by atoms with E-state index in [9.17, 15) is 4.39 Å². The summed E-state index contributed by atoms with van der Waals surface area (Å²) in [4.78, 5) is 2.02. The van der Waals surface area contributed by atoms with Crippen LogP contribution in [0.15, 0.2) is 47.6 Å². The number of anilines is 2. The van der Waals surface area contributed by atoms with E-state index >= 15 is 0 Å². The van der Waals surface area contributed by atoms with Crippen LogP contribution in [0.5, 0.6) is 0 Å². The first-order valence-electron chi connectivity index (χ1n) is 6.84. The first-order valence-corrected chi connectivity index (χ1v) is 6.84. The molecule has 3 rings (SSSR count). The number of para-hydroxylation sites is 1. The first kappa shape index (κ1) is 13.4. The fourth-order valence-corrected chi connectivity index (χ4v) is 2.83. The zero-order valence-corrected chi connectivity index (χ0v) is 11.5. The molecule has 0 atom stereocenters. The maximum Gasteiger partial charge on any atom is 0.175 e. The largest absolute Gasteiger partial charge is 0.409 e. The van der Waals surface area contributed by atoms with Crippen molar-refractivity contribution in [3.8, 4) is 0 Å².